The highest BCUT2D eigenvalue weighted by Crippen LogP contribution is 2.39. The molecule has 194 valence electrons. The molecular formula is C29H34ClN5O2. The number of ether oxygens (including phenoxy) is 1. The van der Waals surface area contributed by atoms with E-state index < -0.39 is 5.91 Å². The molecule has 0 unspecified atom stereocenters. The average molecular weight is 520 g/mol. The molecule has 0 atom stereocenters. The second-order valence-corrected chi connectivity index (χ2v) is 11.5. The van der Waals surface area contributed by atoms with Crippen molar-refractivity contribution in [2.45, 2.75) is 46.2 Å². The van der Waals surface area contributed by atoms with E-state index in [4.69, 9.17) is 32.0 Å². The molecule has 0 saturated heterocycles. The first-order valence-electron chi connectivity index (χ1n) is 12.7. The molecule has 1 amide bonds. The van der Waals surface area contributed by atoms with Gasteiger partial charge in [-0.25, -0.2) is 9.97 Å². The molecule has 2 heterocycles. The highest BCUT2D eigenvalue weighted by Gasteiger charge is 2.31. The fourth-order valence-electron chi connectivity index (χ4n) is 5.24. The summed E-state index contributed by atoms with van der Waals surface area (Å²) in [7, 11) is 4.09. The Hall–Kier alpha value is -3.16. The maximum atomic E-state index is 11.8. The normalized spacial score (nSPS) is 16.5. The number of carbonyl (C=O) groups is 1. The molecule has 2 aromatic carbocycles. The first-order valence-corrected chi connectivity index (χ1v) is 13.1. The number of anilines is 1. The Morgan fingerprint density at radius 1 is 1.16 bits per heavy atom. The van der Waals surface area contributed by atoms with Crippen LogP contribution in [-0.2, 0) is 25.9 Å². The van der Waals surface area contributed by atoms with E-state index in [1.54, 1.807) is 12.1 Å². The molecule has 0 radical (unpaired) electrons. The first kappa shape index (κ1) is 25.5. The second-order valence-electron chi connectivity index (χ2n) is 11.1. The molecule has 2 aliphatic rings. The summed E-state index contributed by atoms with van der Waals surface area (Å²) < 4.78 is 6.16. The van der Waals surface area contributed by atoms with Gasteiger partial charge in [-0.2, -0.15) is 0 Å². The van der Waals surface area contributed by atoms with Crippen molar-refractivity contribution in [3.8, 4) is 16.9 Å². The molecule has 37 heavy (non-hydrogen) atoms. The molecule has 0 spiro atoms. The minimum Gasteiger partial charge on any atom is -0.491 e. The molecular weight excluding hydrogens is 486 g/mol. The van der Waals surface area contributed by atoms with Crippen LogP contribution in [0.3, 0.4) is 0 Å². The summed E-state index contributed by atoms with van der Waals surface area (Å²) in [5.41, 5.74) is 11.4. The van der Waals surface area contributed by atoms with Crippen LogP contribution in [0.15, 0.2) is 36.4 Å². The van der Waals surface area contributed by atoms with Crippen molar-refractivity contribution in [1.82, 2.24) is 14.9 Å². The second kappa shape index (κ2) is 9.95. The van der Waals surface area contributed by atoms with Crippen molar-refractivity contribution in [3.05, 3.63) is 69.6 Å². The summed E-state index contributed by atoms with van der Waals surface area (Å²) in [6.45, 7) is 7.34. The zero-order chi connectivity index (χ0) is 26.3. The average Bonchev–Trinajstić information content (AvgIpc) is 3.05. The lowest BCUT2D eigenvalue weighted by Crippen LogP contribution is -2.32. The SMILES string of the molecule is CN(C)Cc1nc2c(c(N3CCOc4ccc(-c5ccc(Cl)c(C(N)=O)c5)cc4C3)n1)CC(C)(C)CC2. The van der Waals surface area contributed by atoms with E-state index in [2.05, 4.69) is 29.7 Å². The van der Waals surface area contributed by atoms with Crippen molar-refractivity contribution in [2.75, 3.05) is 32.1 Å². The third-order valence-corrected chi connectivity index (χ3v) is 7.50. The lowest BCUT2D eigenvalue weighted by atomic mass is 9.76. The number of aryl methyl sites for hydroxylation is 1. The Bertz CT molecular complexity index is 1350. The van der Waals surface area contributed by atoms with Crippen LogP contribution in [0.1, 0.15) is 53.3 Å². The van der Waals surface area contributed by atoms with Crippen LogP contribution in [0.2, 0.25) is 5.02 Å². The largest absolute Gasteiger partial charge is 0.491 e. The molecule has 3 aromatic rings. The zero-order valence-corrected chi connectivity index (χ0v) is 22.7. The molecule has 1 aromatic heterocycles. The van der Waals surface area contributed by atoms with Gasteiger partial charge in [-0.15, -0.1) is 0 Å². The minimum absolute atomic E-state index is 0.217. The standard InChI is InChI=1S/C29H34ClN5O2/c1-29(2)10-9-24-22(15-29)28(33-26(32-24)17-34(3)4)35-11-12-37-25-8-6-18(13-20(25)16-35)19-5-7-23(30)21(14-19)27(31)36/h5-8,13-14H,9-12,15-17H2,1-4H3,(H2,31,36). The minimum atomic E-state index is -0.541. The lowest BCUT2D eigenvalue weighted by Gasteiger charge is -2.34. The van der Waals surface area contributed by atoms with Crippen LogP contribution >= 0.6 is 11.6 Å². The third-order valence-electron chi connectivity index (χ3n) is 7.17. The van der Waals surface area contributed by atoms with E-state index in [9.17, 15) is 4.79 Å². The summed E-state index contributed by atoms with van der Waals surface area (Å²) in [5.74, 6) is 2.21. The van der Waals surface area contributed by atoms with Crippen LogP contribution < -0.4 is 15.4 Å². The van der Waals surface area contributed by atoms with Gasteiger partial charge in [0.1, 0.15) is 24.0 Å². The quantitative estimate of drug-likeness (QED) is 0.517. The molecule has 1 aliphatic carbocycles. The number of nitrogens with two attached hydrogens (primary N) is 1. The number of benzene rings is 2. The van der Waals surface area contributed by atoms with Gasteiger partial charge in [-0.05, 0) is 74.2 Å². The Balaban J connectivity index is 1.54. The smallest absolute Gasteiger partial charge is 0.250 e. The van der Waals surface area contributed by atoms with Crippen LogP contribution in [0.4, 0.5) is 5.82 Å². The van der Waals surface area contributed by atoms with Gasteiger partial charge in [-0.3, -0.25) is 4.79 Å². The number of nitrogens with zero attached hydrogens (tertiary/aromatic N) is 4. The first-order chi connectivity index (χ1) is 17.6. The van der Waals surface area contributed by atoms with Gasteiger partial charge in [0.05, 0.1) is 23.7 Å². The van der Waals surface area contributed by atoms with Gasteiger partial charge in [0.2, 0.25) is 5.91 Å². The highest BCUT2D eigenvalue weighted by atomic mass is 35.5. The Morgan fingerprint density at radius 3 is 2.68 bits per heavy atom. The highest BCUT2D eigenvalue weighted by molar-refractivity contribution is 6.33. The third kappa shape index (κ3) is 5.43. The zero-order valence-electron chi connectivity index (χ0n) is 22.0. The Labute approximate surface area is 223 Å². The van der Waals surface area contributed by atoms with Gasteiger partial charge < -0.3 is 20.3 Å². The van der Waals surface area contributed by atoms with Crippen LogP contribution in [-0.4, -0.2) is 48.0 Å². The van der Waals surface area contributed by atoms with E-state index in [-0.39, 0.29) is 5.41 Å². The van der Waals surface area contributed by atoms with Gasteiger partial charge in [-0.1, -0.05) is 37.6 Å². The van der Waals surface area contributed by atoms with E-state index in [0.717, 1.165) is 59.9 Å². The van der Waals surface area contributed by atoms with Crippen molar-refractivity contribution in [2.24, 2.45) is 11.1 Å². The number of amides is 1. The van der Waals surface area contributed by atoms with Crippen molar-refractivity contribution < 1.29 is 9.53 Å². The number of fused-ring (bicyclic) bond motifs is 2. The van der Waals surface area contributed by atoms with Crippen LogP contribution in [0.25, 0.3) is 11.1 Å². The predicted molar refractivity (Wildman–Crippen MR) is 147 cm³/mol. The molecule has 8 heteroatoms. The molecule has 0 bridgehead atoms. The number of rotatable bonds is 5. The molecule has 5 rings (SSSR count). The fraction of sp³-hybridized carbons (Fsp3) is 0.414. The predicted octanol–water partition coefficient (Wildman–Crippen LogP) is 4.87. The summed E-state index contributed by atoms with van der Waals surface area (Å²) in [6.07, 6.45) is 3.06. The summed E-state index contributed by atoms with van der Waals surface area (Å²) in [5, 5.41) is 0.352. The molecule has 7 nitrogen and oxygen atoms in total. The fourth-order valence-corrected chi connectivity index (χ4v) is 5.45. The van der Waals surface area contributed by atoms with E-state index >= 15 is 0 Å². The van der Waals surface area contributed by atoms with Crippen LogP contribution in [0, 0.1) is 5.41 Å². The van der Waals surface area contributed by atoms with E-state index in [1.807, 2.05) is 32.3 Å². The van der Waals surface area contributed by atoms with E-state index in [0.29, 0.717) is 30.3 Å². The summed E-state index contributed by atoms with van der Waals surface area (Å²) in [6, 6.07) is 11.5. The summed E-state index contributed by atoms with van der Waals surface area (Å²) in [4.78, 5) is 26.4. The van der Waals surface area contributed by atoms with Gasteiger partial charge in [0.15, 0.2) is 0 Å². The lowest BCUT2D eigenvalue weighted by molar-refractivity contribution is 0.100. The van der Waals surface area contributed by atoms with E-state index in [1.165, 1.54) is 11.3 Å². The Morgan fingerprint density at radius 2 is 1.92 bits per heavy atom. The van der Waals surface area contributed by atoms with Crippen molar-refractivity contribution in [3.63, 3.8) is 0 Å². The van der Waals surface area contributed by atoms with Gasteiger partial charge in [0, 0.05) is 23.4 Å². The van der Waals surface area contributed by atoms with Gasteiger partial charge >= 0.3 is 0 Å². The molecule has 0 saturated carbocycles. The number of hydrogen-bond donors (Lipinski definition) is 1. The van der Waals surface area contributed by atoms with Crippen LogP contribution in [0.5, 0.6) is 5.75 Å². The Kier molecular flexibility index (Phi) is 6.86. The van der Waals surface area contributed by atoms with Crippen molar-refractivity contribution >= 4 is 23.3 Å². The van der Waals surface area contributed by atoms with Gasteiger partial charge in [0.25, 0.3) is 0 Å². The molecule has 1 aliphatic heterocycles. The summed E-state index contributed by atoms with van der Waals surface area (Å²) >= 11 is 6.18. The number of hydrogen-bond acceptors (Lipinski definition) is 6. The number of carbonyl (C=O) groups excluding carboxylic acids is 1. The van der Waals surface area contributed by atoms with Crippen molar-refractivity contribution in [1.29, 1.82) is 0 Å². The number of primary amides is 1. The maximum absolute atomic E-state index is 11.8. The molecule has 0 fully saturated rings. The monoisotopic (exact) mass is 519 g/mol. The maximum Gasteiger partial charge on any atom is 0.250 e. The number of aromatic nitrogens is 2. The number of halogens is 1. The topological polar surface area (TPSA) is 84.6 Å². The molecule has 2 N–H and O–H groups in total.